The van der Waals surface area contributed by atoms with E-state index in [4.69, 9.17) is 15.4 Å². The minimum Gasteiger partial charge on any atom is -0.466 e. The van der Waals surface area contributed by atoms with Crippen molar-refractivity contribution in [3.63, 3.8) is 0 Å². The van der Waals surface area contributed by atoms with Gasteiger partial charge in [-0.1, -0.05) is 25.4 Å². The van der Waals surface area contributed by atoms with Gasteiger partial charge in [0.1, 0.15) is 17.4 Å². The van der Waals surface area contributed by atoms with E-state index in [1.807, 2.05) is 27.7 Å². The summed E-state index contributed by atoms with van der Waals surface area (Å²) in [4.78, 5) is 0. The number of aryl methyl sites for hydroxylation is 2. The summed E-state index contributed by atoms with van der Waals surface area (Å²) in [7, 11) is 0. The van der Waals surface area contributed by atoms with Crippen LogP contribution in [-0.2, 0) is 0 Å². The largest absolute Gasteiger partial charge is 0.466 e. The highest BCUT2D eigenvalue weighted by Crippen LogP contribution is 2.24. The molecule has 0 aliphatic rings. The highest BCUT2D eigenvalue weighted by atomic mass is 16.4. The van der Waals surface area contributed by atoms with Gasteiger partial charge in [-0.25, -0.2) is 0 Å². The topological polar surface area (TPSA) is 83.8 Å². The third kappa shape index (κ3) is 5.08. The van der Waals surface area contributed by atoms with Gasteiger partial charge in [0, 0.05) is 17.0 Å². The van der Waals surface area contributed by atoms with Crippen molar-refractivity contribution >= 4 is 5.84 Å². The second-order valence-corrected chi connectivity index (χ2v) is 6.37. The molecule has 0 amide bonds. The van der Waals surface area contributed by atoms with E-state index < -0.39 is 0 Å². The van der Waals surface area contributed by atoms with Crippen molar-refractivity contribution in [1.29, 1.82) is 0 Å². The lowest BCUT2D eigenvalue weighted by molar-refractivity contribution is 0.304. The first kappa shape index (κ1) is 17.6. The Morgan fingerprint density at radius 2 is 2.10 bits per heavy atom. The van der Waals surface area contributed by atoms with E-state index in [-0.39, 0.29) is 5.41 Å². The Balaban J connectivity index is 2.30. The van der Waals surface area contributed by atoms with E-state index in [0.29, 0.717) is 11.9 Å². The smallest absolute Gasteiger partial charge is 0.144 e. The quantitative estimate of drug-likeness (QED) is 0.225. The molecule has 0 spiro atoms. The summed E-state index contributed by atoms with van der Waals surface area (Å²) in [5.74, 6) is 2.24. The monoisotopic (exact) mass is 295 g/mol. The molecule has 0 aromatic carbocycles. The van der Waals surface area contributed by atoms with Crippen molar-refractivity contribution in [3.8, 4) is 0 Å². The minimum absolute atomic E-state index is 0.251. The van der Waals surface area contributed by atoms with Crippen molar-refractivity contribution < 1.29 is 9.62 Å². The Labute approximate surface area is 127 Å². The van der Waals surface area contributed by atoms with E-state index in [1.54, 1.807) is 0 Å². The van der Waals surface area contributed by atoms with Gasteiger partial charge < -0.3 is 20.7 Å². The zero-order valence-corrected chi connectivity index (χ0v) is 13.9. The van der Waals surface area contributed by atoms with Crippen LogP contribution < -0.4 is 11.1 Å². The second-order valence-electron chi connectivity index (χ2n) is 6.37. The predicted molar refractivity (Wildman–Crippen MR) is 85.6 cm³/mol. The van der Waals surface area contributed by atoms with E-state index in [2.05, 4.69) is 23.5 Å². The van der Waals surface area contributed by atoms with Gasteiger partial charge in [0.15, 0.2) is 0 Å². The van der Waals surface area contributed by atoms with Crippen molar-refractivity contribution in [2.75, 3.05) is 6.54 Å². The maximum atomic E-state index is 8.74. The summed E-state index contributed by atoms with van der Waals surface area (Å²) in [6.45, 7) is 11.1. The number of unbranched alkanes of at least 4 members (excludes halogenated alkanes) is 1. The summed E-state index contributed by atoms with van der Waals surface area (Å²) in [6, 6.07) is 2.38. The lowest BCUT2D eigenvalue weighted by Crippen LogP contribution is -2.32. The molecule has 0 saturated heterocycles. The van der Waals surface area contributed by atoms with E-state index >= 15 is 0 Å². The zero-order valence-electron chi connectivity index (χ0n) is 13.9. The van der Waals surface area contributed by atoms with Gasteiger partial charge in [0.25, 0.3) is 0 Å². The number of oxime groups is 1. The highest BCUT2D eigenvalue weighted by molar-refractivity contribution is 5.85. The first-order valence-electron chi connectivity index (χ1n) is 7.56. The fraction of sp³-hybridized carbons (Fsp3) is 0.688. The molecule has 1 heterocycles. The Morgan fingerprint density at radius 1 is 1.43 bits per heavy atom. The summed E-state index contributed by atoms with van der Waals surface area (Å²) in [5.41, 5.74) is 6.66. The molecule has 5 heteroatoms. The Kier molecular flexibility index (Phi) is 6.27. The molecule has 1 rings (SSSR count). The molecule has 1 aromatic heterocycles. The molecular weight excluding hydrogens is 266 g/mol. The lowest BCUT2D eigenvalue weighted by atomic mass is 9.86. The molecule has 4 N–H and O–H groups in total. The molecule has 1 unspecified atom stereocenters. The Hall–Kier alpha value is -1.49. The molecule has 1 atom stereocenters. The van der Waals surface area contributed by atoms with Gasteiger partial charge >= 0.3 is 0 Å². The molecule has 1 aromatic rings. The van der Waals surface area contributed by atoms with Crippen LogP contribution in [0, 0.1) is 19.3 Å². The van der Waals surface area contributed by atoms with Crippen LogP contribution in [0.4, 0.5) is 0 Å². The van der Waals surface area contributed by atoms with Crippen molar-refractivity contribution in [1.82, 2.24) is 5.32 Å². The number of amidine groups is 1. The van der Waals surface area contributed by atoms with Gasteiger partial charge in [0.05, 0.1) is 0 Å². The molecule has 0 fully saturated rings. The van der Waals surface area contributed by atoms with E-state index in [9.17, 15) is 0 Å². The first-order valence-corrected chi connectivity index (χ1v) is 7.56. The van der Waals surface area contributed by atoms with Gasteiger partial charge in [-0.3, -0.25) is 0 Å². The first-order chi connectivity index (χ1) is 9.77. The van der Waals surface area contributed by atoms with Crippen molar-refractivity contribution in [2.24, 2.45) is 16.3 Å². The van der Waals surface area contributed by atoms with Crippen LogP contribution >= 0.6 is 0 Å². The van der Waals surface area contributed by atoms with Crippen LogP contribution in [0.1, 0.15) is 63.2 Å². The van der Waals surface area contributed by atoms with Gasteiger partial charge in [0.2, 0.25) is 0 Å². The molecule has 120 valence electrons. The normalized spacial score (nSPS) is 14.4. The number of rotatable bonds is 8. The van der Waals surface area contributed by atoms with Crippen LogP contribution in [0.15, 0.2) is 15.6 Å². The summed E-state index contributed by atoms with van der Waals surface area (Å²) in [6.07, 6.45) is 3.00. The lowest BCUT2D eigenvalue weighted by Gasteiger charge is -2.22. The third-order valence-corrected chi connectivity index (χ3v) is 4.03. The predicted octanol–water partition coefficient (Wildman–Crippen LogP) is 3.49. The molecule has 0 radical (unpaired) electrons. The standard InChI is InChI=1S/C16H29N3O2/c1-11-10-14(13(3)21-11)12(2)18-9-7-6-8-16(4,5)15(17)19-20/h10,12,18,20H,6-9H2,1-5H3,(H2,17,19). The summed E-state index contributed by atoms with van der Waals surface area (Å²) < 4.78 is 5.56. The number of nitrogens with one attached hydrogen (secondary N) is 1. The van der Waals surface area contributed by atoms with Gasteiger partial charge in [-0.05, 0) is 46.2 Å². The van der Waals surface area contributed by atoms with Crippen molar-refractivity contribution in [3.05, 3.63) is 23.2 Å². The average molecular weight is 295 g/mol. The minimum atomic E-state index is -0.251. The second kappa shape index (κ2) is 7.50. The van der Waals surface area contributed by atoms with Crippen molar-refractivity contribution in [2.45, 2.75) is 59.9 Å². The zero-order chi connectivity index (χ0) is 16.0. The maximum absolute atomic E-state index is 8.74. The number of hydrogen-bond donors (Lipinski definition) is 3. The Bertz CT molecular complexity index is 478. The molecule has 5 nitrogen and oxygen atoms in total. The SMILES string of the molecule is Cc1cc(C(C)NCCCCC(C)(C)/C(N)=N/O)c(C)o1. The van der Waals surface area contributed by atoms with Gasteiger partial charge in [-0.2, -0.15) is 0 Å². The Morgan fingerprint density at radius 3 is 2.62 bits per heavy atom. The molecule has 21 heavy (non-hydrogen) atoms. The fourth-order valence-electron chi connectivity index (χ4n) is 2.46. The highest BCUT2D eigenvalue weighted by Gasteiger charge is 2.22. The number of nitrogens with two attached hydrogens (primary N) is 1. The van der Waals surface area contributed by atoms with Crippen LogP contribution in [-0.4, -0.2) is 17.6 Å². The van der Waals surface area contributed by atoms with Crippen LogP contribution in [0.5, 0.6) is 0 Å². The molecule has 0 aliphatic carbocycles. The average Bonchev–Trinajstić information content (AvgIpc) is 2.76. The van der Waals surface area contributed by atoms with Gasteiger partial charge in [-0.15, -0.1) is 0 Å². The number of nitrogens with zero attached hydrogens (tertiary/aromatic N) is 1. The summed E-state index contributed by atoms with van der Waals surface area (Å²) >= 11 is 0. The fourth-order valence-corrected chi connectivity index (χ4v) is 2.46. The molecule has 0 aliphatic heterocycles. The molecule has 0 saturated carbocycles. The van der Waals surface area contributed by atoms with E-state index in [1.165, 1.54) is 5.56 Å². The molecular formula is C16H29N3O2. The maximum Gasteiger partial charge on any atom is 0.144 e. The summed E-state index contributed by atoms with van der Waals surface area (Å²) in [5, 5.41) is 15.4. The van der Waals surface area contributed by atoms with Crippen LogP contribution in [0.2, 0.25) is 0 Å². The molecule has 0 bridgehead atoms. The van der Waals surface area contributed by atoms with E-state index in [0.717, 1.165) is 37.3 Å². The van der Waals surface area contributed by atoms with Crippen LogP contribution in [0.25, 0.3) is 0 Å². The number of hydrogen-bond acceptors (Lipinski definition) is 4. The third-order valence-electron chi connectivity index (χ3n) is 4.03. The van der Waals surface area contributed by atoms with Crippen LogP contribution in [0.3, 0.4) is 0 Å². The number of furan rings is 1.